The highest BCUT2D eigenvalue weighted by Gasteiger charge is 2.01. The maximum Gasteiger partial charge on any atom is 0.303 e. The Kier molecular flexibility index (Phi) is 12.5. The first kappa shape index (κ1) is 17.4. The van der Waals surface area contributed by atoms with Crippen LogP contribution in [0, 0.1) is 0 Å². The highest BCUT2D eigenvalue weighted by Crippen LogP contribution is 2.08. The topological polar surface area (TPSA) is 40.5 Å². The third-order valence-corrected chi connectivity index (χ3v) is 3.32. The summed E-state index contributed by atoms with van der Waals surface area (Å²) in [4.78, 5) is 12.6. The normalized spacial score (nSPS) is 11.1. The number of unbranched alkanes of at least 4 members (excludes halogenated alkanes) is 7. The molecule has 0 aliphatic heterocycles. The number of hydrogen-bond acceptors (Lipinski definition) is 2. The number of carboxylic acids is 1. The summed E-state index contributed by atoms with van der Waals surface area (Å²) < 4.78 is 0. The number of aliphatic carboxylic acids is 1. The fraction of sp³-hybridized carbons (Fsp3) is 0.933. The zero-order valence-corrected chi connectivity index (χ0v) is 12.3. The number of nitrogens with zero attached hydrogens (tertiary/aromatic N) is 1. The molecule has 0 aromatic rings. The van der Waals surface area contributed by atoms with Crippen LogP contribution in [0.3, 0.4) is 0 Å². The molecule has 0 amide bonds. The minimum Gasteiger partial charge on any atom is -0.481 e. The average molecular weight is 257 g/mol. The lowest BCUT2D eigenvalue weighted by molar-refractivity contribution is -0.137. The number of carbonyl (C=O) groups is 1. The standard InChI is InChI=1S/C15H31NO2/c1-3-4-5-6-7-8-9-10-13-16(2)14-11-12-15(17)18/h3-14H2,1-2H3,(H,17,18). The van der Waals surface area contributed by atoms with Gasteiger partial charge in [0.15, 0.2) is 0 Å². The largest absolute Gasteiger partial charge is 0.481 e. The third kappa shape index (κ3) is 13.5. The Labute approximate surface area is 113 Å². The van der Waals surface area contributed by atoms with E-state index in [4.69, 9.17) is 5.11 Å². The van der Waals surface area contributed by atoms with Gasteiger partial charge in [0.1, 0.15) is 0 Å². The van der Waals surface area contributed by atoms with Gasteiger partial charge in [-0.1, -0.05) is 51.9 Å². The summed E-state index contributed by atoms with van der Waals surface area (Å²) in [7, 11) is 2.09. The van der Waals surface area contributed by atoms with Gasteiger partial charge in [-0.2, -0.15) is 0 Å². The molecular weight excluding hydrogens is 226 g/mol. The molecule has 0 rings (SSSR count). The molecule has 0 saturated heterocycles. The number of rotatable bonds is 13. The Hall–Kier alpha value is -0.570. The monoisotopic (exact) mass is 257 g/mol. The molecule has 18 heavy (non-hydrogen) atoms. The third-order valence-electron chi connectivity index (χ3n) is 3.32. The molecule has 3 nitrogen and oxygen atoms in total. The van der Waals surface area contributed by atoms with E-state index in [1.165, 1.54) is 51.4 Å². The van der Waals surface area contributed by atoms with Crippen molar-refractivity contribution in [3.8, 4) is 0 Å². The van der Waals surface area contributed by atoms with Gasteiger partial charge in [0, 0.05) is 6.42 Å². The lowest BCUT2D eigenvalue weighted by Crippen LogP contribution is -2.21. The van der Waals surface area contributed by atoms with Crippen LogP contribution in [0.4, 0.5) is 0 Å². The van der Waals surface area contributed by atoms with Crippen molar-refractivity contribution in [2.75, 3.05) is 20.1 Å². The van der Waals surface area contributed by atoms with Gasteiger partial charge in [0.25, 0.3) is 0 Å². The second-order valence-electron chi connectivity index (χ2n) is 5.28. The van der Waals surface area contributed by atoms with Gasteiger partial charge in [-0.25, -0.2) is 0 Å². The van der Waals surface area contributed by atoms with E-state index >= 15 is 0 Å². The van der Waals surface area contributed by atoms with Gasteiger partial charge in [-0.15, -0.1) is 0 Å². The molecule has 0 fully saturated rings. The molecular formula is C15H31NO2. The summed E-state index contributed by atoms with van der Waals surface area (Å²) in [6.07, 6.45) is 11.8. The van der Waals surface area contributed by atoms with Gasteiger partial charge in [0.05, 0.1) is 0 Å². The van der Waals surface area contributed by atoms with Crippen molar-refractivity contribution in [1.29, 1.82) is 0 Å². The minimum absolute atomic E-state index is 0.293. The molecule has 1 N–H and O–H groups in total. The SMILES string of the molecule is CCCCCCCCCCN(C)CCCC(=O)O. The first-order chi connectivity index (χ1) is 8.66. The molecule has 0 atom stereocenters. The van der Waals surface area contributed by atoms with Crippen molar-refractivity contribution in [2.45, 2.75) is 71.1 Å². The highest BCUT2D eigenvalue weighted by molar-refractivity contribution is 5.66. The minimum atomic E-state index is -0.685. The molecule has 0 aliphatic rings. The summed E-state index contributed by atoms with van der Waals surface area (Å²) in [5, 5.41) is 8.54. The molecule has 0 aromatic heterocycles. The summed E-state index contributed by atoms with van der Waals surface area (Å²) >= 11 is 0. The van der Waals surface area contributed by atoms with Gasteiger partial charge in [-0.3, -0.25) is 4.79 Å². The van der Waals surface area contributed by atoms with E-state index in [1.54, 1.807) is 0 Å². The van der Waals surface area contributed by atoms with E-state index in [9.17, 15) is 4.79 Å². The molecule has 0 aromatic carbocycles. The second-order valence-corrected chi connectivity index (χ2v) is 5.28. The summed E-state index contributed by atoms with van der Waals surface area (Å²) in [6.45, 7) is 4.26. The van der Waals surface area contributed by atoms with Crippen LogP contribution in [0.15, 0.2) is 0 Å². The van der Waals surface area contributed by atoms with Crippen molar-refractivity contribution < 1.29 is 9.90 Å². The quantitative estimate of drug-likeness (QED) is 0.508. The molecule has 0 bridgehead atoms. The van der Waals surface area contributed by atoms with Crippen LogP contribution in [0.5, 0.6) is 0 Å². The average Bonchev–Trinajstić information content (AvgIpc) is 2.32. The maximum atomic E-state index is 10.4. The Balaban J connectivity index is 3.15. The van der Waals surface area contributed by atoms with Gasteiger partial charge < -0.3 is 10.0 Å². The zero-order valence-electron chi connectivity index (χ0n) is 12.3. The van der Waals surface area contributed by atoms with Crippen molar-refractivity contribution in [3.05, 3.63) is 0 Å². The van der Waals surface area contributed by atoms with Crippen LogP contribution >= 0.6 is 0 Å². The Morgan fingerprint density at radius 1 is 0.889 bits per heavy atom. The first-order valence-corrected chi connectivity index (χ1v) is 7.57. The second kappa shape index (κ2) is 12.9. The van der Waals surface area contributed by atoms with Crippen LogP contribution in [-0.2, 0) is 4.79 Å². The molecule has 0 unspecified atom stereocenters. The predicted molar refractivity (Wildman–Crippen MR) is 77.0 cm³/mol. The molecule has 0 saturated carbocycles. The molecule has 0 heterocycles. The maximum absolute atomic E-state index is 10.4. The van der Waals surface area contributed by atoms with E-state index in [0.717, 1.165) is 19.5 Å². The van der Waals surface area contributed by atoms with Crippen LogP contribution in [0.2, 0.25) is 0 Å². The van der Waals surface area contributed by atoms with E-state index in [1.807, 2.05) is 0 Å². The van der Waals surface area contributed by atoms with Crippen LogP contribution in [0.25, 0.3) is 0 Å². The molecule has 0 spiro atoms. The number of hydrogen-bond donors (Lipinski definition) is 1. The van der Waals surface area contributed by atoms with E-state index in [2.05, 4.69) is 18.9 Å². The summed E-state index contributed by atoms with van der Waals surface area (Å²) in [6, 6.07) is 0. The van der Waals surface area contributed by atoms with Crippen molar-refractivity contribution >= 4 is 5.97 Å². The Bertz CT molecular complexity index is 195. The van der Waals surface area contributed by atoms with Gasteiger partial charge in [0.2, 0.25) is 0 Å². The highest BCUT2D eigenvalue weighted by atomic mass is 16.4. The lowest BCUT2D eigenvalue weighted by Gasteiger charge is -2.15. The van der Waals surface area contributed by atoms with Crippen LogP contribution < -0.4 is 0 Å². The van der Waals surface area contributed by atoms with Crippen molar-refractivity contribution in [2.24, 2.45) is 0 Å². The van der Waals surface area contributed by atoms with E-state index < -0.39 is 5.97 Å². The van der Waals surface area contributed by atoms with Gasteiger partial charge >= 0.3 is 5.97 Å². The molecule has 108 valence electrons. The summed E-state index contributed by atoms with van der Waals surface area (Å²) in [5.74, 6) is -0.685. The van der Waals surface area contributed by atoms with Crippen LogP contribution in [-0.4, -0.2) is 36.1 Å². The van der Waals surface area contributed by atoms with Gasteiger partial charge in [-0.05, 0) is 33.0 Å². The van der Waals surface area contributed by atoms with E-state index in [0.29, 0.717) is 6.42 Å². The summed E-state index contributed by atoms with van der Waals surface area (Å²) in [5.41, 5.74) is 0. The Morgan fingerprint density at radius 3 is 1.94 bits per heavy atom. The first-order valence-electron chi connectivity index (χ1n) is 7.57. The van der Waals surface area contributed by atoms with Crippen molar-refractivity contribution in [1.82, 2.24) is 4.90 Å². The van der Waals surface area contributed by atoms with Crippen LogP contribution in [0.1, 0.15) is 71.1 Å². The smallest absolute Gasteiger partial charge is 0.303 e. The molecule has 0 radical (unpaired) electrons. The fourth-order valence-electron chi connectivity index (χ4n) is 2.13. The fourth-order valence-corrected chi connectivity index (χ4v) is 2.13. The molecule has 3 heteroatoms. The van der Waals surface area contributed by atoms with E-state index in [-0.39, 0.29) is 0 Å². The predicted octanol–water partition coefficient (Wildman–Crippen LogP) is 3.92. The van der Waals surface area contributed by atoms with Crippen molar-refractivity contribution in [3.63, 3.8) is 0 Å². The zero-order chi connectivity index (χ0) is 13.6. The number of carboxylic acid groups (broad SMARTS) is 1. The lowest BCUT2D eigenvalue weighted by atomic mass is 10.1. The molecule has 0 aliphatic carbocycles. The Morgan fingerprint density at radius 2 is 1.39 bits per heavy atom.